The van der Waals surface area contributed by atoms with Gasteiger partial charge in [-0.2, -0.15) is 0 Å². The molecule has 0 bridgehead atoms. The van der Waals surface area contributed by atoms with Crippen molar-refractivity contribution in [1.82, 2.24) is 14.5 Å². The van der Waals surface area contributed by atoms with E-state index in [2.05, 4.69) is 4.98 Å². The number of aromatic nitrogens is 2. The molecule has 3 aromatic rings. The molecule has 0 spiro atoms. The first-order chi connectivity index (χ1) is 17.6. The Morgan fingerprint density at radius 2 is 1.97 bits per heavy atom. The minimum absolute atomic E-state index is 0.0446. The van der Waals surface area contributed by atoms with Gasteiger partial charge in [-0.1, -0.05) is 0 Å². The number of rotatable bonds is 7. The van der Waals surface area contributed by atoms with Gasteiger partial charge in [-0.15, -0.1) is 0 Å². The van der Waals surface area contributed by atoms with E-state index in [-0.39, 0.29) is 41.6 Å². The van der Waals surface area contributed by atoms with Crippen LogP contribution >= 0.6 is 7.82 Å². The number of ether oxygens (including phenoxy) is 2. The van der Waals surface area contributed by atoms with Gasteiger partial charge in [0.15, 0.2) is 0 Å². The molecule has 1 aliphatic heterocycles. The van der Waals surface area contributed by atoms with Crippen LogP contribution in [0.2, 0.25) is 0 Å². The van der Waals surface area contributed by atoms with Gasteiger partial charge in [-0.05, 0) is 39.8 Å². The van der Waals surface area contributed by atoms with Crippen molar-refractivity contribution in [3.05, 3.63) is 52.9 Å². The molecule has 1 amide bonds. The summed E-state index contributed by atoms with van der Waals surface area (Å²) in [6.45, 7) is 6.27. The molecule has 0 saturated carbocycles. The molecule has 13 heteroatoms. The number of benzene rings is 2. The first-order valence-electron chi connectivity index (χ1n) is 11.8. The zero-order valence-electron chi connectivity index (χ0n) is 21.9. The monoisotopic (exact) mass is 553 g/mol. The van der Waals surface area contributed by atoms with Crippen LogP contribution in [-0.2, 0) is 20.3 Å². The van der Waals surface area contributed by atoms with Gasteiger partial charge in [0.25, 0.3) is 5.91 Å². The average molecular weight is 553 g/mol. The highest BCUT2D eigenvalue weighted by Crippen LogP contribution is 2.48. The molecule has 38 heavy (non-hydrogen) atoms. The first kappa shape index (κ1) is 28.0. The maximum absolute atomic E-state index is 14.8. The summed E-state index contributed by atoms with van der Waals surface area (Å²) in [5, 5.41) is 0. The van der Waals surface area contributed by atoms with Crippen molar-refractivity contribution < 1.29 is 41.6 Å². The maximum Gasteiger partial charge on any atom is 0.474 e. The van der Waals surface area contributed by atoms with E-state index in [1.165, 1.54) is 15.5 Å². The van der Waals surface area contributed by atoms with Crippen LogP contribution in [-0.4, -0.2) is 51.6 Å². The number of phosphoric acid groups is 1. The highest BCUT2D eigenvalue weighted by molar-refractivity contribution is 7.47. The predicted molar refractivity (Wildman–Crippen MR) is 134 cm³/mol. The Balaban J connectivity index is 1.77. The van der Waals surface area contributed by atoms with Gasteiger partial charge in [0, 0.05) is 38.2 Å². The Hall–Kier alpha value is -3.05. The Bertz CT molecular complexity index is 1430. The lowest BCUT2D eigenvalue weighted by molar-refractivity contribution is 0.0489. The summed E-state index contributed by atoms with van der Waals surface area (Å²) in [4.78, 5) is 29.0. The molecule has 0 saturated heterocycles. The molecule has 206 valence electrons. The van der Waals surface area contributed by atoms with Gasteiger partial charge in [0.05, 0.1) is 23.3 Å². The normalized spacial score (nSPS) is 17.0. The third kappa shape index (κ3) is 5.99. The summed E-state index contributed by atoms with van der Waals surface area (Å²) in [7, 11) is -1.25. The van der Waals surface area contributed by atoms with Crippen molar-refractivity contribution in [2.45, 2.75) is 52.6 Å². The van der Waals surface area contributed by atoms with Crippen LogP contribution in [0, 0.1) is 18.6 Å². The van der Waals surface area contributed by atoms with Gasteiger partial charge in [-0.25, -0.2) is 18.3 Å². The number of carbonyl (C=O) groups is 1. The van der Waals surface area contributed by atoms with Crippen molar-refractivity contribution in [3.63, 3.8) is 0 Å². The number of nitrogens with zero attached hydrogens (tertiary/aromatic N) is 3. The van der Waals surface area contributed by atoms with Crippen molar-refractivity contribution in [1.29, 1.82) is 0 Å². The van der Waals surface area contributed by atoms with E-state index in [0.29, 0.717) is 16.9 Å². The molecular formula is C25H30F2N3O7P. The molecule has 2 atom stereocenters. The molecule has 1 aliphatic rings. The van der Waals surface area contributed by atoms with Gasteiger partial charge in [0.1, 0.15) is 47.3 Å². The number of hydrogen-bond acceptors (Lipinski definition) is 7. The lowest BCUT2D eigenvalue weighted by Crippen LogP contribution is -2.23. The highest BCUT2D eigenvalue weighted by Gasteiger charge is 2.31. The van der Waals surface area contributed by atoms with Crippen LogP contribution in [0.15, 0.2) is 24.3 Å². The Kier molecular flexibility index (Phi) is 7.55. The minimum Gasteiger partial charge on any atom is -0.493 e. The largest absolute Gasteiger partial charge is 0.493 e. The van der Waals surface area contributed by atoms with Crippen molar-refractivity contribution in [3.8, 4) is 11.5 Å². The SMILES string of the molecule is Cc1nc2c(OC3CCOc4cc(F)cc(F)c43)cc(C(=O)N(C)C)cc2n1COP(=O)(O)OC(C)(C)C. The second-order valence-electron chi connectivity index (χ2n) is 10.1. The van der Waals surface area contributed by atoms with E-state index in [1.807, 2.05) is 0 Å². The maximum atomic E-state index is 14.8. The second-order valence-corrected chi connectivity index (χ2v) is 11.5. The number of carbonyl (C=O) groups excluding carboxylic acids is 1. The van der Waals surface area contributed by atoms with Crippen LogP contribution in [0.5, 0.6) is 11.5 Å². The van der Waals surface area contributed by atoms with Crippen LogP contribution in [0.3, 0.4) is 0 Å². The topological polar surface area (TPSA) is 112 Å². The number of phosphoric ester groups is 1. The fourth-order valence-electron chi connectivity index (χ4n) is 4.13. The van der Waals surface area contributed by atoms with E-state index in [9.17, 15) is 23.0 Å². The molecule has 0 aliphatic carbocycles. The third-order valence-electron chi connectivity index (χ3n) is 5.69. The predicted octanol–water partition coefficient (Wildman–Crippen LogP) is 5.12. The van der Waals surface area contributed by atoms with E-state index in [1.54, 1.807) is 47.9 Å². The molecule has 1 N–H and O–H groups in total. The number of aryl methyl sites for hydroxylation is 1. The summed E-state index contributed by atoms with van der Waals surface area (Å²) in [6, 6.07) is 4.92. The Morgan fingerprint density at radius 3 is 2.63 bits per heavy atom. The average Bonchev–Trinajstić information content (AvgIpc) is 3.10. The minimum atomic E-state index is -4.43. The molecular weight excluding hydrogens is 523 g/mol. The number of halogens is 2. The molecule has 4 rings (SSSR count). The molecule has 2 heterocycles. The summed E-state index contributed by atoms with van der Waals surface area (Å²) < 4.78 is 64.5. The standard InChI is InChI=1S/C25H30F2N3O7P/c1-14-28-23-18(30(14)13-35-38(32,33)37-25(2,3)4)9-15(24(31)29(5)6)10-21(23)36-19-7-8-34-20-12-16(26)11-17(27)22(19)20/h9-12,19H,7-8,13H2,1-6H3,(H,32,33). The summed E-state index contributed by atoms with van der Waals surface area (Å²) >= 11 is 0. The summed E-state index contributed by atoms with van der Waals surface area (Å²) in [6.07, 6.45) is -0.574. The number of amides is 1. The van der Waals surface area contributed by atoms with Crippen LogP contribution in [0.1, 0.15) is 55.0 Å². The van der Waals surface area contributed by atoms with Crippen molar-refractivity contribution in [2.75, 3.05) is 20.7 Å². The fourth-order valence-corrected chi connectivity index (χ4v) is 5.14. The molecule has 1 aromatic heterocycles. The Labute approximate surface area is 218 Å². The van der Waals surface area contributed by atoms with Gasteiger partial charge in [0.2, 0.25) is 0 Å². The lowest BCUT2D eigenvalue weighted by atomic mass is 10.0. The number of fused-ring (bicyclic) bond motifs is 2. The smallest absolute Gasteiger partial charge is 0.474 e. The van der Waals surface area contributed by atoms with Crippen molar-refractivity contribution >= 4 is 24.8 Å². The van der Waals surface area contributed by atoms with Crippen LogP contribution < -0.4 is 9.47 Å². The van der Waals surface area contributed by atoms with E-state index in [4.69, 9.17) is 18.5 Å². The zero-order valence-corrected chi connectivity index (χ0v) is 22.8. The van der Waals surface area contributed by atoms with Gasteiger partial charge < -0.3 is 23.8 Å². The second kappa shape index (κ2) is 10.3. The van der Waals surface area contributed by atoms with Crippen LogP contribution in [0.25, 0.3) is 11.0 Å². The van der Waals surface area contributed by atoms with E-state index >= 15 is 0 Å². The van der Waals surface area contributed by atoms with E-state index in [0.717, 1.165) is 12.1 Å². The van der Waals surface area contributed by atoms with E-state index < -0.39 is 37.9 Å². The Morgan fingerprint density at radius 1 is 1.26 bits per heavy atom. The number of imidazole rings is 1. The number of hydrogen-bond donors (Lipinski definition) is 1. The zero-order chi connectivity index (χ0) is 28.0. The van der Waals surface area contributed by atoms with Crippen molar-refractivity contribution in [2.24, 2.45) is 0 Å². The lowest BCUT2D eigenvalue weighted by Gasteiger charge is -2.27. The molecule has 2 aromatic carbocycles. The molecule has 2 unspecified atom stereocenters. The highest BCUT2D eigenvalue weighted by atomic mass is 31.2. The summed E-state index contributed by atoms with van der Waals surface area (Å²) in [5.41, 5.74) is 0.0778. The quantitative estimate of drug-likeness (QED) is 0.402. The fraction of sp³-hybridized carbons (Fsp3) is 0.440. The molecule has 0 fully saturated rings. The van der Waals surface area contributed by atoms with Gasteiger partial charge >= 0.3 is 7.82 Å². The molecule has 10 nitrogen and oxygen atoms in total. The third-order valence-corrected chi connectivity index (χ3v) is 6.91. The first-order valence-corrected chi connectivity index (χ1v) is 13.3. The van der Waals surface area contributed by atoms with Crippen LogP contribution in [0.4, 0.5) is 8.78 Å². The molecule has 0 radical (unpaired) electrons. The summed E-state index contributed by atoms with van der Waals surface area (Å²) in [5.74, 6) is -1.30. The van der Waals surface area contributed by atoms with Gasteiger partial charge in [-0.3, -0.25) is 13.8 Å².